The zero-order valence-electron chi connectivity index (χ0n) is 15.5. The van der Waals surface area contributed by atoms with Crippen LogP contribution in [0.3, 0.4) is 0 Å². The molecule has 0 amide bonds. The zero-order valence-corrected chi connectivity index (χ0v) is 15.5. The van der Waals surface area contributed by atoms with Crippen LogP contribution in [0.2, 0.25) is 0 Å². The Kier molecular flexibility index (Phi) is 6.38. The highest BCUT2D eigenvalue weighted by atomic mass is 16.5. The first kappa shape index (κ1) is 20.5. The molecule has 1 aromatic carbocycles. The molecular weight excluding hydrogens is 370 g/mol. The standard InChI is InChI=1S/C18H19N3O7/c1-21-16(19)14(17(24)20-18(21)25)11(22)9-28-13(23)8-7-10-5-4-6-12(26-2)15(10)27-3/h4-8H,9,19H2,1-3H3,(H,20,24,25)/b8-7+. The minimum Gasteiger partial charge on any atom is -0.493 e. The number of nitrogens with two attached hydrogens (primary N) is 1. The van der Waals surface area contributed by atoms with Crippen molar-refractivity contribution < 1.29 is 23.8 Å². The molecule has 0 radical (unpaired) electrons. The molecule has 0 aliphatic carbocycles. The largest absolute Gasteiger partial charge is 0.493 e. The van der Waals surface area contributed by atoms with Gasteiger partial charge in [-0.3, -0.25) is 19.1 Å². The molecule has 0 spiro atoms. The molecule has 10 heteroatoms. The van der Waals surface area contributed by atoms with Gasteiger partial charge in [-0.2, -0.15) is 0 Å². The third kappa shape index (κ3) is 4.29. The smallest absolute Gasteiger partial charge is 0.331 e. The molecule has 28 heavy (non-hydrogen) atoms. The third-order valence-corrected chi connectivity index (χ3v) is 3.83. The van der Waals surface area contributed by atoms with Crippen molar-refractivity contribution >= 4 is 23.6 Å². The van der Waals surface area contributed by atoms with E-state index in [0.717, 1.165) is 10.6 Å². The average molecular weight is 389 g/mol. The zero-order chi connectivity index (χ0) is 20.8. The fraction of sp³-hybridized carbons (Fsp3) is 0.222. The van der Waals surface area contributed by atoms with E-state index in [1.54, 1.807) is 18.2 Å². The van der Waals surface area contributed by atoms with Crippen molar-refractivity contribution in [2.24, 2.45) is 7.05 Å². The first-order valence-electron chi connectivity index (χ1n) is 7.98. The number of carbonyl (C=O) groups is 2. The highest BCUT2D eigenvalue weighted by Gasteiger charge is 2.19. The van der Waals surface area contributed by atoms with Gasteiger partial charge in [0.05, 0.1) is 14.2 Å². The molecule has 0 fully saturated rings. The number of nitrogens with zero attached hydrogens (tertiary/aromatic N) is 1. The van der Waals surface area contributed by atoms with E-state index in [1.807, 2.05) is 4.98 Å². The van der Waals surface area contributed by atoms with E-state index < -0.39 is 35.2 Å². The van der Waals surface area contributed by atoms with Crippen molar-refractivity contribution in [2.45, 2.75) is 0 Å². The van der Waals surface area contributed by atoms with Gasteiger partial charge in [0, 0.05) is 18.7 Å². The molecule has 0 saturated heterocycles. The molecule has 0 aliphatic rings. The van der Waals surface area contributed by atoms with Crippen LogP contribution in [0.25, 0.3) is 6.08 Å². The summed E-state index contributed by atoms with van der Waals surface area (Å²) in [6.07, 6.45) is 2.53. The fourth-order valence-corrected chi connectivity index (χ4v) is 2.36. The number of nitrogen functional groups attached to an aromatic ring is 1. The molecule has 1 aromatic heterocycles. The lowest BCUT2D eigenvalue weighted by atomic mass is 10.1. The number of esters is 1. The monoisotopic (exact) mass is 389 g/mol. The minimum absolute atomic E-state index is 0.313. The number of H-pyrrole nitrogens is 1. The highest BCUT2D eigenvalue weighted by molar-refractivity contribution is 6.01. The van der Waals surface area contributed by atoms with Crippen LogP contribution in [0.5, 0.6) is 11.5 Å². The van der Waals surface area contributed by atoms with E-state index in [4.69, 9.17) is 19.9 Å². The number of nitrogens with one attached hydrogen (secondary N) is 1. The van der Waals surface area contributed by atoms with Gasteiger partial charge in [0.25, 0.3) is 5.56 Å². The summed E-state index contributed by atoms with van der Waals surface area (Å²) in [5.74, 6) is -1.06. The van der Waals surface area contributed by atoms with Crippen LogP contribution in [0.15, 0.2) is 33.9 Å². The second-order valence-electron chi connectivity index (χ2n) is 5.53. The number of benzene rings is 1. The van der Waals surface area contributed by atoms with Crippen LogP contribution >= 0.6 is 0 Å². The quantitative estimate of drug-likeness (QED) is 0.386. The summed E-state index contributed by atoms with van der Waals surface area (Å²) in [6, 6.07) is 5.11. The Hall–Kier alpha value is -3.82. The summed E-state index contributed by atoms with van der Waals surface area (Å²) in [4.78, 5) is 49.2. The van der Waals surface area contributed by atoms with Crippen molar-refractivity contribution in [3.05, 3.63) is 56.2 Å². The minimum atomic E-state index is -0.946. The molecule has 0 bridgehead atoms. The van der Waals surface area contributed by atoms with Crippen molar-refractivity contribution in [1.82, 2.24) is 9.55 Å². The van der Waals surface area contributed by atoms with Crippen LogP contribution in [0, 0.1) is 0 Å². The normalized spacial score (nSPS) is 10.7. The lowest BCUT2D eigenvalue weighted by Gasteiger charge is -2.09. The second kappa shape index (κ2) is 8.71. The maximum absolute atomic E-state index is 12.2. The van der Waals surface area contributed by atoms with E-state index in [-0.39, 0.29) is 5.82 Å². The Morgan fingerprint density at radius 1 is 1.21 bits per heavy atom. The first-order chi connectivity index (χ1) is 13.3. The highest BCUT2D eigenvalue weighted by Crippen LogP contribution is 2.31. The van der Waals surface area contributed by atoms with Gasteiger partial charge in [-0.25, -0.2) is 9.59 Å². The SMILES string of the molecule is COc1cccc(/C=C/C(=O)OCC(=O)c2c(N)n(C)c(=O)[nH]c2=O)c1OC. The van der Waals surface area contributed by atoms with Crippen LogP contribution in [0.4, 0.5) is 5.82 Å². The Bertz CT molecular complexity index is 1050. The average Bonchev–Trinajstić information content (AvgIpc) is 2.68. The number of para-hydroxylation sites is 1. The van der Waals surface area contributed by atoms with Crippen LogP contribution in [-0.2, 0) is 16.6 Å². The van der Waals surface area contributed by atoms with Gasteiger partial charge in [-0.15, -0.1) is 0 Å². The van der Waals surface area contributed by atoms with Crippen molar-refractivity contribution in [2.75, 3.05) is 26.6 Å². The molecule has 0 atom stereocenters. The number of ether oxygens (including phenoxy) is 3. The molecule has 1 heterocycles. The Labute approximate surface area is 159 Å². The molecule has 2 rings (SSSR count). The number of rotatable bonds is 7. The maximum atomic E-state index is 12.2. The Morgan fingerprint density at radius 3 is 2.57 bits per heavy atom. The predicted molar refractivity (Wildman–Crippen MR) is 101 cm³/mol. The summed E-state index contributed by atoms with van der Waals surface area (Å²) in [6.45, 7) is -0.718. The molecule has 148 valence electrons. The van der Waals surface area contributed by atoms with Gasteiger partial charge in [0.2, 0.25) is 5.78 Å². The maximum Gasteiger partial charge on any atom is 0.331 e. The Balaban J connectivity index is 2.11. The van der Waals surface area contributed by atoms with Gasteiger partial charge in [0.1, 0.15) is 11.4 Å². The first-order valence-corrected chi connectivity index (χ1v) is 7.98. The Morgan fingerprint density at radius 2 is 1.93 bits per heavy atom. The van der Waals surface area contributed by atoms with E-state index >= 15 is 0 Å². The molecule has 0 unspecified atom stereocenters. The molecule has 0 aliphatic heterocycles. The lowest BCUT2D eigenvalue weighted by molar-refractivity contribution is -0.136. The van der Waals surface area contributed by atoms with E-state index in [2.05, 4.69) is 0 Å². The van der Waals surface area contributed by atoms with Gasteiger partial charge >= 0.3 is 11.7 Å². The fourth-order valence-electron chi connectivity index (χ4n) is 2.36. The van der Waals surface area contributed by atoms with Crippen LogP contribution in [0.1, 0.15) is 15.9 Å². The van der Waals surface area contributed by atoms with Gasteiger partial charge in [-0.05, 0) is 12.1 Å². The number of methoxy groups -OCH3 is 2. The molecule has 3 N–H and O–H groups in total. The van der Waals surface area contributed by atoms with Crippen molar-refractivity contribution in [3.63, 3.8) is 0 Å². The molecular formula is C18H19N3O7. The van der Waals surface area contributed by atoms with E-state index in [1.165, 1.54) is 27.3 Å². The summed E-state index contributed by atoms with van der Waals surface area (Å²) in [5.41, 5.74) is 4.03. The topological polar surface area (TPSA) is 143 Å². The lowest BCUT2D eigenvalue weighted by Crippen LogP contribution is -2.35. The third-order valence-electron chi connectivity index (χ3n) is 3.83. The van der Waals surface area contributed by atoms with Crippen LogP contribution in [-0.4, -0.2) is 42.1 Å². The molecule has 0 saturated carbocycles. The number of ketones is 1. The summed E-state index contributed by atoms with van der Waals surface area (Å²) >= 11 is 0. The van der Waals surface area contributed by atoms with Crippen molar-refractivity contribution in [1.29, 1.82) is 0 Å². The number of hydrogen-bond donors (Lipinski definition) is 2. The number of aromatic amines is 1. The summed E-state index contributed by atoms with van der Waals surface area (Å²) in [7, 11) is 4.24. The van der Waals surface area contributed by atoms with E-state index in [9.17, 15) is 19.2 Å². The molecule has 2 aromatic rings. The van der Waals surface area contributed by atoms with Crippen molar-refractivity contribution in [3.8, 4) is 11.5 Å². The van der Waals surface area contributed by atoms with Gasteiger partial charge in [0.15, 0.2) is 18.1 Å². The molecule has 10 nitrogen and oxygen atoms in total. The summed E-state index contributed by atoms with van der Waals surface area (Å²) in [5, 5.41) is 0. The van der Waals surface area contributed by atoms with E-state index in [0.29, 0.717) is 17.1 Å². The van der Waals surface area contributed by atoms with Gasteiger partial charge < -0.3 is 19.9 Å². The number of hydrogen-bond acceptors (Lipinski definition) is 8. The predicted octanol–water partition coefficient (Wildman–Crippen LogP) is 0.112. The van der Waals surface area contributed by atoms with Crippen LogP contribution < -0.4 is 26.5 Å². The number of anilines is 1. The number of carbonyl (C=O) groups excluding carboxylic acids is 2. The number of aromatic nitrogens is 2. The van der Waals surface area contributed by atoms with Gasteiger partial charge in [-0.1, -0.05) is 12.1 Å². The number of Topliss-reactive ketones (excluding diaryl/α,β-unsaturated/α-hetero) is 1. The second-order valence-corrected chi connectivity index (χ2v) is 5.53. The summed E-state index contributed by atoms with van der Waals surface area (Å²) < 4.78 is 16.2.